The Bertz CT molecular complexity index is 982. The fourth-order valence-corrected chi connectivity index (χ4v) is 4.89. The molecule has 1 amide bonds. The molecule has 1 saturated heterocycles. The summed E-state index contributed by atoms with van der Waals surface area (Å²) in [7, 11) is 0. The van der Waals surface area contributed by atoms with Crippen LogP contribution in [-0.4, -0.2) is 55.5 Å². The largest absolute Gasteiger partial charge is 0.345 e. The van der Waals surface area contributed by atoms with Crippen LogP contribution >= 0.6 is 0 Å². The normalized spacial score (nSPS) is 21.2. The van der Waals surface area contributed by atoms with Crippen LogP contribution < -0.4 is 15.1 Å². The van der Waals surface area contributed by atoms with E-state index in [2.05, 4.69) is 42.8 Å². The number of amides is 1. The van der Waals surface area contributed by atoms with Gasteiger partial charge in [-0.3, -0.25) is 9.59 Å². The molecule has 2 aromatic rings. The lowest BCUT2D eigenvalue weighted by atomic mass is 10.1. The minimum atomic E-state index is 0.0655. The lowest BCUT2D eigenvalue weighted by Crippen LogP contribution is -3.28. The lowest BCUT2D eigenvalue weighted by Gasteiger charge is -2.29. The monoisotopic (exact) mass is 424 g/mol. The minimum Gasteiger partial charge on any atom is -0.345 e. The van der Waals surface area contributed by atoms with Gasteiger partial charge in [0.2, 0.25) is 5.78 Å². The van der Waals surface area contributed by atoms with E-state index >= 15 is 0 Å². The number of rotatable bonds is 7. The van der Waals surface area contributed by atoms with Gasteiger partial charge in [-0.05, 0) is 63.8 Å². The van der Waals surface area contributed by atoms with Crippen molar-refractivity contribution in [3.05, 3.63) is 52.3 Å². The third kappa shape index (κ3) is 4.91. The van der Waals surface area contributed by atoms with Crippen molar-refractivity contribution in [2.75, 3.05) is 44.6 Å². The highest BCUT2D eigenvalue weighted by atomic mass is 16.2. The molecule has 6 heteroatoms. The smallest absolute Gasteiger partial charge is 0.279 e. The molecule has 0 atom stereocenters. The second kappa shape index (κ2) is 8.97. The van der Waals surface area contributed by atoms with E-state index in [1.165, 1.54) is 33.9 Å². The Morgan fingerprint density at radius 3 is 2.29 bits per heavy atom. The fraction of sp³-hybridized carbons (Fsp3) is 0.520. The third-order valence-corrected chi connectivity index (χ3v) is 7.06. The van der Waals surface area contributed by atoms with Gasteiger partial charge in [-0.1, -0.05) is 12.1 Å². The molecule has 4 rings (SSSR count). The molecule has 0 spiro atoms. The maximum Gasteiger partial charge on any atom is 0.279 e. The average Bonchev–Trinajstić information content (AvgIpc) is 3.51. The summed E-state index contributed by atoms with van der Waals surface area (Å²) >= 11 is 0. The molecular weight excluding hydrogens is 388 g/mol. The molecule has 2 aliphatic rings. The van der Waals surface area contributed by atoms with Crippen LogP contribution in [0.5, 0.6) is 0 Å². The molecule has 2 fully saturated rings. The van der Waals surface area contributed by atoms with Gasteiger partial charge in [-0.25, -0.2) is 0 Å². The van der Waals surface area contributed by atoms with Crippen LogP contribution in [0.15, 0.2) is 24.3 Å². The lowest BCUT2D eigenvalue weighted by molar-refractivity contribution is -1.00. The molecular formula is C25H36N4O2+2. The van der Waals surface area contributed by atoms with Gasteiger partial charge in [-0.15, -0.1) is 0 Å². The molecule has 1 aromatic heterocycles. The Labute approximate surface area is 185 Å². The molecule has 0 radical (unpaired) electrons. The first kappa shape index (κ1) is 21.8. The Kier molecular flexibility index (Phi) is 6.30. The Morgan fingerprint density at radius 1 is 1.00 bits per heavy atom. The predicted molar refractivity (Wildman–Crippen MR) is 122 cm³/mol. The predicted octanol–water partition coefficient (Wildman–Crippen LogP) is 0.661. The molecule has 3 N–H and O–H groups in total. The zero-order valence-corrected chi connectivity index (χ0v) is 19.3. The van der Waals surface area contributed by atoms with Crippen molar-refractivity contribution >= 4 is 17.4 Å². The van der Waals surface area contributed by atoms with Crippen LogP contribution in [0, 0.1) is 27.7 Å². The number of Topliss-reactive ketones (excluding diaryl/α,β-unsaturated/α-hetero) is 1. The van der Waals surface area contributed by atoms with Gasteiger partial charge in [0.05, 0.1) is 0 Å². The summed E-state index contributed by atoms with van der Waals surface area (Å²) in [5.41, 5.74) is 6.46. The molecule has 6 nitrogen and oxygen atoms in total. The number of carbonyl (C=O) groups excluding carboxylic acids is 2. The zero-order valence-electron chi connectivity index (χ0n) is 19.3. The van der Waals surface area contributed by atoms with Gasteiger partial charge in [0, 0.05) is 28.7 Å². The van der Waals surface area contributed by atoms with Gasteiger partial charge in [0.1, 0.15) is 32.7 Å². The third-order valence-electron chi connectivity index (χ3n) is 7.06. The summed E-state index contributed by atoms with van der Waals surface area (Å²) in [5, 5.41) is 3.07. The summed E-state index contributed by atoms with van der Waals surface area (Å²) in [6.45, 7) is 13.0. The Morgan fingerprint density at radius 2 is 1.65 bits per heavy atom. The average molecular weight is 425 g/mol. The van der Waals surface area contributed by atoms with Crippen molar-refractivity contribution < 1.29 is 19.4 Å². The minimum absolute atomic E-state index is 0.0655. The van der Waals surface area contributed by atoms with E-state index in [1.807, 2.05) is 19.1 Å². The number of aryl methyl sites for hydroxylation is 2. The van der Waals surface area contributed by atoms with Crippen LogP contribution in [0.25, 0.3) is 0 Å². The number of carbonyl (C=O) groups is 2. The summed E-state index contributed by atoms with van der Waals surface area (Å²) in [4.78, 5) is 28.1. The van der Waals surface area contributed by atoms with Crippen LogP contribution in [0.1, 0.15) is 51.8 Å². The number of hydrogen-bond acceptors (Lipinski definition) is 2. The van der Waals surface area contributed by atoms with Crippen LogP contribution in [0.3, 0.4) is 0 Å². The second-order valence-electron chi connectivity index (χ2n) is 9.46. The quantitative estimate of drug-likeness (QED) is 0.572. The van der Waals surface area contributed by atoms with Gasteiger partial charge in [-0.2, -0.15) is 0 Å². The molecule has 0 unspecified atom stereocenters. The SMILES string of the molecule is Cc1cccc(NC(=O)C[NH+]2CC[NH+](CC(=O)c3cc(C)n(C4CC4)c3C)CC2)c1C. The maximum absolute atomic E-state index is 13.0. The summed E-state index contributed by atoms with van der Waals surface area (Å²) < 4.78 is 2.35. The molecule has 166 valence electrons. The number of anilines is 1. The van der Waals surface area contributed by atoms with Crippen molar-refractivity contribution in [1.82, 2.24) is 4.57 Å². The van der Waals surface area contributed by atoms with Crippen molar-refractivity contribution in [1.29, 1.82) is 0 Å². The van der Waals surface area contributed by atoms with Gasteiger partial charge in [0.25, 0.3) is 5.91 Å². The summed E-state index contributed by atoms with van der Waals surface area (Å²) in [6, 6.07) is 8.68. The van der Waals surface area contributed by atoms with Gasteiger partial charge >= 0.3 is 0 Å². The molecule has 1 saturated carbocycles. The van der Waals surface area contributed by atoms with E-state index in [0.29, 0.717) is 19.1 Å². The van der Waals surface area contributed by atoms with E-state index in [0.717, 1.165) is 48.7 Å². The summed E-state index contributed by atoms with van der Waals surface area (Å²) in [5.74, 6) is 0.321. The highest BCUT2D eigenvalue weighted by Crippen LogP contribution is 2.38. The van der Waals surface area contributed by atoms with Crippen LogP contribution in [-0.2, 0) is 4.79 Å². The molecule has 0 bridgehead atoms. The van der Waals surface area contributed by atoms with Crippen molar-refractivity contribution in [3.63, 3.8) is 0 Å². The number of ketones is 1. The summed E-state index contributed by atoms with van der Waals surface area (Å²) in [6.07, 6.45) is 2.47. The number of piperazine rings is 1. The van der Waals surface area contributed by atoms with E-state index in [9.17, 15) is 9.59 Å². The number of benzene rings is 1. The van der Waals surface area contributed by atoms with Gasteiger partial charge < -0.3 is 19.7 Å². The molecule has 31 heavy (non-hydrogen) atoms. The van der Waals surface area contributed by atoms with Gasteiger partial charge in [0.15, 0.2) is 6.54 Å². The van der Waals surface area contributed by atoms with E-state index < -0.39 is 0 Å². The number of nitrogens with one attached hydrogen (secondary N) is 3. The highest BCUT2D eigenvalue weighted by molar-refractivity contribution is 5.98. The molecule has 1 aromatic carbocycles. The second-order valence-corrected chi connectivity index (χ2v) is 9.46. The van der Waals surface area contributed by atoms with E-state index in [4.69, 9.17) is 0 Å². The maximum atomic E-state index is 13.0. The Balaban J connectivity index is 1.26. The molecule has 1 aliphatic carbocycles. The number of aromatic nitrogens is 1. The van der Waals surface area contributed by atoms with Crippen molar-refractivity contribution in [3.8, 4) is 0 Å². The first-order chi connectivity index (χ1) is 14.8. The number of nitrogens with zero attached hydrogens (tertiary/aromatic N) is 1. The topological polar surface area (TPSA) is 60.0 Å². The van der Waals surface area contributed by atoms with Crippen LogP contribution in [0.2, 0.25) is 0 Å². The van der Waals surface area contributed by atoms with Crippen molar-refractivity contribution in [2.45, 2.75) is 46.6 Å². The standard InChI is InChI=1S/C25H34N4O2/c1-17-6-5-7-23(19(17)3)26-25(31)16-28-12-10-27(11-13-28)15-24(30)22-14-18(2)29(20(22)4)21-8-9-21/h5-7,14,21H,8-13,15-16H2,1-4H3,(H,26,31)/p+2. The first-order valence-electron chi connectivity index (χ1n) is 11.6. The first-order valence-corrected chi connectivity index (χ1v) is 11.6. The highest BCUT2D eigenvalue weighted by Gasteiger charge is 2.31. The zero-order chi connectivity index (χ0) is 22.1. The molecule has 2 heterocycles. The Hall–Kier alpha value is -2.44. The fourth-order valence-electron chi connectivity index (χ4n) is 4.89. The van der Waals surface area contributed by atoms with E-state index in [-0.39, 0.29) is 11.7 Å². The van der Waals surface area contributed by atoms with E-state index in [1.54, 1.807) is 0 Å². The van der Waals surface area contributed by atoms with Crippen LogP contribution in [0.4, 0.5) is 5.69 Å². The number of quaternary nitrogens is 2. The molecule has 1 aliphatic heterocycles. The van der Waals surface area contributed by atoms with Crippen molar-refractivity contribution in [2.24, 2.45) is 0 Å². The number of hydrogen-bond donors (Lipinski definition) is 3.